The van der Waals surface area contributed by atoms with Crippen LogP contribution in [0.15, 0.2) is 96.0 Å². The Balaban J connectivity index is 0.970. The summed E-state index contributed by atoms with van der Waals surface area (Å²) in [6.07, 6.45) is 6.74. The smallest absolute Gasteiger partial charge is 0.256 e. The number of hydrogen-bond donors (Lipinski definition) is 0. The number of hydrogen-bond acceptors (Lipinski definition) is 11. The molecule has 9 rings (SSSR count). The van der Waals surface area contributed by atoms with Crippen molar-refractivity contribution < 1.29 is 42.8 Å². The fourth-order valence-corrected chi connectivity index (χ4v) is 10.2. The Morgan fingerprint density at radius 1 is 0.690 bits per heavy atom. The number of amides is 2. The minimum absolute atomic E-state index is 0.0208. The maximum absolute atomic E-state index is 14.2. The molecule has 0 fully saturated rings. The highest BCUT2D eigenvalue weighted by Gasteiger charge is 2.35. The van der Waals surface area contributed by atoms with Crippen molar-refractivity contribution in [3.8, 4) is 17.2 Å². The van der Waals surface area contributed by atoms with Gasteiger partial charge in [-0.3, -0.25) is 19.4 Å². The van der Waals surface area contributed by atoms with Crippen LogP contribution in [0.4, 0.5) is 11.4 Å². The van der Waals surface area contributed by atoms with Crippen LogP contribution in [0.1, 0.15) is 97.8 Å². The monoisotopic (exact) mass is 962 g/mol. The highest BCUT2D eigenvalue weighted by atomic mass is 16.5. The van der Waals surface area contributed by atoms with E-state index in [0.29, 0.717) is 113 Å². The molecule has 5 aromatic rings. The number of carbonyl (C=O) groups excluding carboxylic acids is 3. The van der Waals surface area contributed by atoms with E-state index in [2.05, 4.69) is 53.4 Å². The topological polar surface area (TPSA) is 129 Å². The van der Waals surface area contributed by atoms with Crippen LogP contribution in [0.3, 0.4) is 0 Å². The summed E-state index contributed by atoms with van der Waals surface area (Å²) >= 11 is 0. The summed E-state index contributed by atoms with van der Waals surface area (Å²) in [5, 5.41) is 0. The number of ketones is 1. The number of methoxy groups -OCH3 is 2. The molecule has 0 spiro atoms. The zero-order valence-corrected chi connectivity index (χ0v) is 41.6. The number of carbonyl (C=O) groups is 3. The third-order valence-corrected chi connectivity index (χ3v) is 14.2. The molecule has 0 radical (unpaired) electrons. The first kappa shape index (κ1) is 49.4. The molecule has 0 saturated carbocycles. The summed E-state index contributed by atoms with van der Waals surface area (Å²) in [5.41, 5.74) is 11.3. The first-order chi connectivity index (χ1) is 34.7. The number of benzene rings is 5. The molecule has 2 amide bonds. The predicted octanol–water partition coefficient (Wildman–Crippen LogP) is 9.20. The molecular formula is C58H66N4O9. The van der Waals surface area contributed by atoms with Crippen LogP contribution in [0, 0.1) is 6.92 Å². The van der Waals surface area contributed by atoms with Gasteiger partial charge in [0.1, 0.15) is 24.7 Å². The molecule has 0 N–H and O–H groups in total. The normalized spacial score (nSPS) is 16.7. The van der Waals surface area contributed by atoms with Crippen LogP contribution in [-0.2, 0) is 64.6 Å². The van der Waals surface area contributed by atoms with Gasteiger partial charge >= 0.3 is 0 Å². The van der Waals surface area contributed by atoms with Crippen LogP contribution in [0.5, 0.6) is 17.2 Å². The first-order valence-corrected chi connectivity index (χ1v) is 25.1. The summed E-state index contributed by atoms with van der Waals surface area (Å²) in [6.45, 7) is 9.05. The fraction of sp³-hybridized carbons (Fsp3) is 0.414. The number of fused-ring (bicyclic) bond motifs is 6. The molecule has 0 saturated heterocycles. The second-order valence-electron chi connectivity index (χ2n) is 18.9. The highest BCUT2D eigenvalue weighted by Crippen LogP contribution is 2.39. The lowest BCUT2D eigenvalue weighted by atomic mass is 9.92. The third-order valence-electron chi connectivity index (χ3n) is 14.2. The number of ether oxygens (including phenoxy) is 6. The van der Waals surface area contributed by atoms with E-state index >= 15 is 0 Å². The van der Waals surface area contributed by atoms with Crippen molar-refractivity contribution in [2.75, 3.05) is 65.2 Å². The van der Waals surface area contributed by atoms with Gasteiger partial charge in [0.2, 0.25) is 0 Å². The van der Waals surface area contributed by atoms with Gasteiger partial charge < -0.3 is 43.1 Å². The van der Waals surface area contributed by atoms with Crippen LogP contribution in [-0.4, -0.2) is 106 Å². The van der Waals surface area contributed by atoms with Crippen LogP contribution >= 0.6 is 0 Å². The standard InChI is InChI=1S/C58H66N4O9/c1-5-50(63)15-10-18-60(19-20-68-23-24-69-22-21-66-3)48-27-40(37-70-54-33-53-52(25-39(54)2)58(65)62-36-46-14-9-7-12-43(46)30-49(62)34-59-53)26-41(28-48)38-71-56-31-44-16-17-47-29-42-11-6-8-13-45(42)35-61(47)57(64)51(44)32-55(56)67-4/h6-9,11-14,25-28,31-34,47,49H,5,10,15-24,29-30,35-38H2,1-4H3/t47-,49+/m1/s1. The average molecular weight is 963 g/mol. The zero-order chi connectivity index (χ0) is 49.3. The van der Waals surface area contributed by atoms with E-state index < -0.39 is 0 Å². The second-order valence-corrected chi connectivity index (χ2v) is 18.9. The molecule has 0 aliphatic carbocycles. The van der Waals surface area contributed by atoms with Crippen LogP contribution in [0.2, 0.25) is 0 Å². The maximum atomic E-state index is 14.2. The molecular weight excluding hydrogens is 897 g/mol. The molecule has 71 heavy (non-hydrogen) atoms. The molecule has 0 bridgehead atoms. The summed E-state index contributed by atoms with van der Waals surface area (Å²) < 4.78 is 36.0. The van der Waals surface area contributed by atoms with Gasteiger partial charge in [-0.05, 0) is 120 Å². The Hall–Kier alpha value is -6.54. The van der Waals surface area contributed by atoms with Crippen molar-refractivity contribution in [2.24, 2.45) is 4.99 Å². The molecule has 4 aliphatic rings. The maximum Gasteiger partial charge on any atom is 0.256 e. The average Bonchev–Trinajstić information content (AvgIpc) is 3.60. The molecule has 2 atom stereocenters. The Bertz CT molecular complexity index is 2760. The van der Waals surface area contributed by atoms with Crippen LogP contribution in [0.25, 0.3) is 0 Å². The molecule has 372 valence electrons. The van der Waals surface area contributed by atoms with Gasteiger partial charge in [-0.2, -0.15) is 0 Å². The van der Waals surface area contributed by atoms with E-state index in [9.17, 15) is 14.4 Å². The summed E-state index contributed by atoms with van der Waals surface area (Å²) in [5.74, 6) is 1.92. The Labute approximate surface area is 417 Å². The van der Waals surface area contributed by atoms with Gasteiger partial charge in [-0.25, -0.2) is 0 Å². The van der Waals surface area contributed by atoms with Crippen molar-refractivity contribution >= 4 is 35.2 Å². The molecule has 5 aromatic carbocycles. The summed E-state index contributed by atoms with van der Waals surface area (Å²) in [7, 11) is 3.26. The molecule has 13 nitrogen and oxygen atoms in total. The van der Waals surface area contributed by atoms with Gasteiger partial charge in [0, 0.05) is 75.7 Å². The fourth-order valence-electron chi connectivity index (χ4n) is 10.2. The van der Waals surface area contributed by atoms with E-state index in [1.54, 1.807) is 14.2 Å². The lowest BCUT2D eigenvalue weighted by Crippen LogP contribution is -2.44. The number of Topliss-reactive ketones (excluding diaryl/α,β-unsaturated/α-hetero) is 1. The van der Waals surface area contributed by atoms with Crippen molar-refractivity contribution in [1.29, 1.82) is 0 Å². The highest BCUT2D eigenvalue weighted by molar-refractivity contribution is 6.03. The Kier molecular flexibility index (Phi) is 16.1. The summed E-state index contributed by atoms with van der Waals surface area (Å²) in [4.78, 5) is 51.8. The Morgan fingerprint density at radius 2 is 1.35 bits per heavy atom. The molecule has 13 heteroatoms. The van der Waals surface area contributed by atoms with Gasteiger partial charge in [0.05, 0.1) is 57.4 Å². The van der Waals surface area contributed by atoms with E-state index in [-0.39, 0.29) is 42.9 Å². The van der Waals surface area contributed by atoms with Crippen molar-refractivity contribution in [3.05, 3.63) is 147 Å². The molecule has 4 heterocycles. The Morgan fingerprint density at radius 3 is 2.07 bits per heavy atom. The number of aliphatic imine (C=N–C) groups is 1. The quantitative estimate of drug-likeness (QED) is 0.0620. The van der Waals surface area contributed by atoms with E-state index in [1.807, 2.05) is 72.3 Å². The van der Waals surface area contributed by atoms with Gasteiger partial charge in [0.25, 0.3) is 11.8 Å². The third kappa shape index (κ3) is 11.6. The predicted molar refractivity (Wildman–Crippen MR) is 274 cm³/mol. The molecule has 4 aliphatic heterocycles. The zero-order valence-electron chi connectivity index (χ0n) is 41.6. The van der Waals surface area contributed by atoms with Crippen molar-refractivity contribution in [3.63, 3.8) is 0 Å². The van der Waals surface area contributed by atoms with E-state index in [0.717, 1.165) is 59.2 Å². The number of anilines is 1. The lowest BCUT2D eigenvalue weighted by molar-refractivity contribution is -0.118. The van der Waals surface area contributed by atoms with Gasteiger partial charge in [-0.1, -0.05) is 55.5 Å². The first-order valence-electron chi connectivity index (χ1n) is 25.1. The molecule has 0 aromatic heterocycles. The van der Waals surface area contributed by atoms with Crippen molar-refractivity contribution in [1.82, 2.24) is 9.80 Å². The lowest BCUT2D eigenvalue weighted by Gasteiger charge is -2.35. The second kappa shape index (κ2) is 23.1. The van der Waals surface area contributed by atoms with Gasteiger partial charge in [-0.15, -0.1) is 0 Å². The van der Waals surface area contributed by atoms with E-state index in [4.69, 9.17) is 33.4 Å². The minimum Gasteiger partial charge on any atom is -0.493 e. The SMILES string of the molecule is CCC(=O)CCCN(CCOCCOCCOC)c1cc(COc2cc3c(cc2C)C(=O)N2Cc4ccccc4C[C@H]2C=N3)cc(COc2cc3c(cc2OC)C(=O)N2Cc4ccccc4C[C@H]2CC3)c1. The van der Waals surface area contributed by atoms with E-state index in [1.165, 1.54) is 16.7 Å². The number of rotatable bonds is 22. The van der Waals surface area contributed by atoms with Gasteiger partial charge in [0.15, 0.2) is 11.5 Å². The summed E-state index contributed by atoms with van der Waals surface area (Å²) in [6, 6.07) is 30.6. The number of aryl methyl sites for hydroxylation is 2. The largest absolute Gasteiger partial charge is 0.493 e. The van der Waals surface area contributed by atoms with Crippen LogP contribution < -0.4 is 19.1 Å². The van der Waals surface area contributed by atoms with Crippen molar-refractivity contribution in [2.45, 2.75) is 97.2 Å². The number of nitrogens with zero attached hydrogens (tertiary/aromatic N) is 4. The minimum atomic E-state index is -0.130. The molecule has 0 unspecified atom stereocenters.